The van der Waals surface area contributed by atoms with Crippen molar-refractivity contribution < 1.29 is 0 Å². The highest BCUT2D eigenvalue weighted by atomic mass is 14.6. The van der Waals surface area contributed by atoms with E-state index in [1.165, 1.54) is 6.42 Å². The van der Waals surface area contributed by atoms with Crippen LogP contribution in [0, 0.1) is 36.0 Å². The average Bonchev–Trinajstić information content (AvgIpc) is 2.82. The van der Waals surface area contributed by atoms with Gasteiger partial charge in [-0.15, -0.1) is 0 Å². The van der Waals surface area contributed by atoms with Gasteiger partial charge < -0.3 is 0 Å². The van der Waals surface area contributed by atoms with Crippen molar-refractivity contribution >= 4 is 0 Å². The number of hydrogen-bond donors (Lipinski definition) is 0. The molecule has 4 saturated carbocycles. The summed E-state index contributed by atoms with van der Waals surface area (Å²) >= 11 is 0. The Hall–Kier alpha value is -0.780. The fraction of sp³-hybridized carbons (Fsp3) is 0.632. The summed E-state index contributed by atoms with van der Waals surface area (Å²) in [4.78, 5) is 0. The molecule has 1 aromatic carbocycles. The van der Waals surface area contributed by atoms with Gasteiger partial charge in [0.25, 0.3) is 0 Å². The summed E-state index contributed by atoms with van der Waals surface area (Å²) in [5.74, 6) is 6.13. The maximum absolute atomic E-state index is 2.65. The van der Waals surface area contributed by atoms with Gasteiger partial charge in [0.05, 0.1) is 0 Å². The molecule has 0 saturated heterocycles. The Morgan fingerprint density at radius 3 is 2.21 bits per heavy atom. The van der Waals surface area contributed by atoms with E-state index >= 15 is 0 Å². The van der Waals surface area contributed by atoms with Gasteiger partial charge in [0.1, 0.15) is 0 Å². The van der Waals surface area contributed by atoms with E-state index in [-0.39, 0.29) is 0 Å². The van der Waals surface area contributed by atoms with Crippen LogP contribution in [0.2, 0.25) is 0 Å². The molecule has 0 aliphatic heterocycles. The zero-order valence-electron chi connectivity index (χ0n) is 11.6. The first-order valence-corrected chi connectivity index (χ1v) is 8.29. The Morgan fingerprint density at radius 1 is 0.789 bits per heavy atom. The molecule has 4 fully saturated rings. The lowest BCUT2D eigenvalue weighted by molar-refractivity contribution is -0.0433. The Morgan fingerprint density at radius 2 is 1.47 bits per heavy atom. The predicted molar refractivity (Wildman–Crippen MR) is 77.7 cm³/mol. The molecular formula is C19H23. The zero-order valence-corrected chi connectivity index (χ0v) is 11.6. The van der Waals surface area contributed by atoms with Crippen molar-refractivity contribution in [2.24, 2.45) is 29.6 Å². The monoisotopic (exact) mass is 251 g/mol. The van der Waals surface area contributed by atoms with E-state index in [0.717, 1.165) is 35.5 Å². The lowest BCUT2D eigenvalue weighted by Crippen LogP contribution is -2.46. The van der Waals surface area contributed by atoms with Crippen LogP contribution < -0.4 is 0 Å². The van der Waals surface area contributed by atoms with Gasteiger partial charge in [0.15, 0.2) is 0 Å². The molecule has 6 rings (SSSR count). The summed E-state index contributed by atoms with van der Waals surface area (Å²) in [6, 6.07) is 9.23. The molecule has 5 aliphatic carbocycles. The van der Waals surface area contributed by atoms with Crippen molar-refractivity contribution in [2.75, 3.05) is 0 Å². The second-order valence-electron chi connectivity index (χ2n) is 7.67. The van der Waals surface area contributed by atoms with Gasteiger partial charge in [0.2, 0.25) is 0 Å². The van der Waals surface area contributed by atoms with Crippen LogP contribution >= 0.6 is 0 Å². The van der Waals surface area contributed by atoms with E-state index in [0.29, 0.717) is 0 Å². The SMILES string of the molecule is [CH]1Cc2ccccc2C1C1C2CC3CC(C2)CC1C3. The van der Waals surface area contributed by atoms with E-state index in [9.17, 15) is 0 Å². The summed E-state index contributed by atoms with van der Waals surface area (Å²) in [6.45, 7) is 0. The van der Waals surface area contributed by atoms with Crippen LogP contribution in [-0.4, -0.2) is 0 Å². The summed E-state index contributed by atoms with van der Waals surface area (Å²) in [5, 5.41) is 0. The van der Waals surface area contributed by atoms with Gasteiger partial charge in [-0.3, -0.25) is 0 Å². The molecule has 0 spiro atoms. The van der Waals surface area contributed by atoms with Crippen molar-refractivity contribution in [1.29, 1.82) is 0 Å². The molecule has 1 unspecified atom stereocenters. The third-order valence-corrected chi connectivity index (χ3v) is 6.72. The molecule has 0 heteroatoms. The van der Waals surface area contributed by atoms with Crippen LogP contribution in [-0.2, 0) is 6.42 Å². The van der Waals surface area contributed by atoms with Gasteiger partial charge >= 0.3 is 0 Å². The first-order valence-electron chi connectivity index (χ1n) is 8.29. The summed E-state index contributed by atoms with van der Waals surface area (Å²) in [6.07, 6.45) is 11.7. The molecule has 0 heterocycles. The molecule has 1 aromatic rings. The Labute approximate surface area is 116 Å². The van der Waals surface area contributed by atoms with Crippen LogP contribution in [0.1, 0.15) is 49.1 Å². The van der Waals surface area contributed by atoms with Crippen LogP contribution in [0.3, 0.4) is 0 Å². The Bertz CT molecular complexity index is 473. The maximum atomic E-state index is 2.65. The smallest absolute Gasteiger partial charge is 0.00911 e. The molecule has 99 valence electrons. The van der Waals surface area contributed by atoms with E-state index in [1.807, 2.05) is 0 Å². The maximum Gasteiger partial charge on any atom is -0.00911 e. The Kier molecular flexibility index (Phi) is 2.23. The minimum absolute atomic E-state index is 0.797. The van der Waals surface area contributed by atoms with Crippen molar-refractivity contribution in [1.82, 2.24) is 0 Å². The fourth-order valence-corrected chi connectivity index (χ4v) is 6.34. The lowest BCUT2D eigenvalue weighted by atomic mass is 9.49. The highest BCUT2D eigenvalue weighted by Crippen LogP contribution is 2.61. The van der Waals surface area contributed by atoms with Crippen molar-refractivity contribution in [3.63, 3.8) is 0 Å². The number of benzene rings is 1. The van der Waals surface area contributed by atoms with E-state index in [4.69, 9.17) is 0 Å². The minimum Gasteiger partial charge on any atom is -0.0620 e. The van der Waals surface area contributed by atoms with E-state index < -0.39 is 0 Å². The first kappa shape index (κ1) is 10.9. The first-order chi connectivity index (χ1) is 9.38. The third kappa shape index (κ3) is 1.52. The highest BCUT2D eigenvalue weighted by Gasteiger charge is 2.51. The van der Waals surface area contributed by atoms with Crippen molar-refractivity contribution in [2.45, 2.75) is 44.4 Å². The van der Waals surface area contributed by atoms with Gasteiger partial charge in [0, 0.05) is 0 Å². The summed E-state index contributed by atoms with van der Waals surface area (Å²) < 4.78 is 0. The predicted octanol–water partition coefficient (Wildman–Crippen LogP) is 4.60. The van der Waals surface area contributed by atoms with Crippen LogP contribution in [0.25, 0.3) is 0 Å². The molecule has 0 aromatic heterocycles. The highest BCUT2D eigenvalue weighted by molar-refractivity contribution is 5.40. The quantitative estimate of drug-likeness (QED) is 0.684. The zero-order chi connectivity index (χ0) is 12.4. The number of rotatable bonds is 1. The van der Waals surface area contributed by atoms with Gasteiger partial charge in [-0.2, -0.15) is 0 Å². The molecule has 0 nitrogen and oxygen atoms in total. The largest absolute Gasteiger partial charge is 0.0620 e. The third-order valence-electron chi connectivity index (χ3n) is 6.72. The van der Waals surface area contributed by atoms with Gasteiger partial charge in [-0.25, -0.2) is 0 Å². The summed E-state index contributed by atoms with van der Waals surface area (Å²) in [7, 11) is 0. The van der Waals surface area contributed by atoms with E-state index in [2.05, 4.69) is 30.7 Å². The molecule has 1 radical (unpaired) electrons. The average molecular weight is 251 g/mol. The summed E-state index contributed by atoms with van der Waals surface area (Å²) in [5.41, 5.74) is 3.29. The molecule has 19 heavy (non-hydrogen) atoms. The van der Waals surface area contributed by atoms with Crippen molar-refractivity contribution in [3.8, 4) is 0 Å². The molecular weight excluding hydrogens is 228 g/mol. The second kappa shape index (κ2) is 3.87. The molecule has 0 N–H and O–H groups in total. The minimum atomic E-state index is 0.797. The molecule has 1 atom stereocenters. The standard InChI is InChI=1S/C19H23/c1-2-4-17-14(3-1)5-6-18(17)19-15-8-12-7-13(10-15)11-16(19)9-12/h1-4,6,12-13,15-16,18-19H,5,7-11H2. The fourth-order valence-electron chi connectivity index (χ4n) is 6.34. The van der Waals surface area contributed by atoms with Gasteiger partial charge in [-0.05, 0) is 91.6 Å². The lowest BCUT2D eigenvalue weighted by Gasteiger charge is -2.56. The van der Waals surface area contributed by atoms with Gasteiger partial charge in [-0.1, -0.05) is 24.3 Å². The van der Waals surface area contributed by atoms with Crippen LogP contribution in [0.4, 0.5) is 0 Å². The van der Waals surface area contributed by atoms with Crippen LogP contribution in [0.5, 0.6) is 0 Å². The number of fused-ring (bicyclic) bond motifs is 1. The molecule has 4 bridgehead atoms. The number of hydrogen-bond acceptors (Lipinski definition) is 0. The normalized spacial score (nSPS) is 46.5. The van der Waals surface area contributed by atoms with E-state index in [1.54, 1.807) is 43.2 Å². The topological polar surface area (TPSA) is 0 Å². The van der Waals surface area contributed by atoms with Crippen LogP contribution in [0.15, 0.2) is 24.3 Å². The molecule has 5 aliphatic rings. The second-order valence-corrected chi connectivity index (χ2v) is 7.67. The molecule has 0 amide bonds. The van der Waals surface area contributed by atoms with Crippen molar-refractivity contribution in [3.05, 3.63) is 41.8 Å². The Balaban J connectivity index is 1.51.